The zero-order chi connectivity index (χ0) is 11.4. The summed E-state index contributed by atoms with van der Waals surface area (Å²) in [5.41, 5.74) is 2.02. The van der Waals surface area contributed by atoms with Crippen molar-refractivity contribution >= 4 is 17.2 Å². The zero-order valence-electron chi connectivity index (χ0n) is 8.93. The van der Waals surface area contributed by atoms with E-state index in [0.717, 1.165) is 16.3 Å². The van der Waals surface area contributed by atoms with Crippen LogP contribution < -0.4 is 5.32 Å². The number of hydrogen-bond acceptors (Lipinski definition) is 3. The molecule has 0 aliphatic rings. The first-order chi connectivity index (χ1) is 7.79. The van der Waals surface area contributed by atoms with E-state index in [0.29, 0.717) is 6.42 Å². The summed E-state index contributed by atoms with van der Waals surface area (Å²) >= 11 is 1.52. The van der Waals surface area contributed by atoms with Crippen LogP contribution in [0.2, 0.25) is 0 Å². The molecular formula is C12H12N2OS. The molecule has 1 amide bonds. The van der Waals surface area contributed by atoms with Gasteiger partial charge in [0, 0.05) is 18.0 Å². The maximum Gasteiger partial charge on any atom is 0.226 e. The van der Waals surface area contributed by atoms with E-state index >= 15 is 0 Å². The van der Waals surface area contributed by atoms with Gasteiger partial charge in [0.15, 0.2) is 0 Å². The summed E-state index contributed by atoms with van der Waals surface area (Å²) in [5.74, 6) is -0.00559. The molecule has 1 aromatic heterocycles. The molecule has 16 heavy (non-hydrogen) atoms. The van der Waals surface area contributed by atoms with Gasteiger partial charge in [-0.3, -0.25) is 4.79 Å². The Hall–Kier alpha value is -1.68. The number of benzene rings is 1. The van der Waals surface area contributed by atoms with Crippen molar-refractivity contribution in [1.82, 2.24) is 10.3 Å². The Morgan fingerprint density at radius 2 is 2.12 bits per heavy atom. The van der Waals surface area contributed by atoms with Crippen LogP contribution in [0.4, 0.5) is 0 Å². The molecule has 0 aliphatic carbocycles. The highest BCUT2D eigenvalue weighted by Gasteiger charge is 2.07. The first kappa shape index (κ1) is 10.8. The summed E-state index contributed by atoms with van der Waals surface area (Å²) in [4.78, 5) is 15.6. The number of likely N-dealkylation sites (N-methyl/N-ethyl adjacent to an activating group) is 1. The second-order valence-electron chi connectivity index (χ2n) is 3.34. The van der Waals surface area contributed by atoms with E-state index in [9.17, 15) is 4.79 Å². The predicted octanol–water partition coefficient (Wildman–Crippen LogP) is 2.10. The van der Waals surface area contributed by atoms with Gasteiger partial charge in [-0.05, 0) is 0 Å². The topological polar surface area (TPSA) is 42.0 Å². The van der Waals surface area contributed by atoms with Gasteiger partial charge in [0.05, 0.1) is 12.1 Å². The highest BCUT2D eigenvalue weighted by atomic mass is 32.1. The molecule has 0 spiro atoms. The second-order valence-corrected chi connectivity index (χ2v) is 4.29. The molecule has 1 heterocycles. The van der Waals surface area contributed by atoms with E-state index in [1.54, 1.807) is 7.05 Å². The number of hydrogen-bond donors (Lipinski definition) is 1. The van der Waals surface area contributed by atoms with Crippen LogP contribution in [0, 0.1) is 0 Å². The summed E-state index contributed by atoms with van der Waals surface area (Å²) < 4.78 is 0. The van der Waals surface area contributed by atoms with Gasteiger partial charge in [0.2, 0.25) is 5.91 Å². The minimum Gasteiger partial charge on any atom is -0.359 e. The fraction of sp³-hybridized carbons (Fsp3) is 0.167. The number of aromatic nitrogens is 1. The van der Waals surface area contributed by atoms with Gasteiger partial charge in [-0.1, -0.05) is 30.3 Å². The van der Waals surface area contributed by atoms with Crippen molar-refractivity contribution in [2.45, 2.75) is 6.42 Å². The Bertz CT molecular complexity index is 479. The Morgan fingerprint density at radius 3 is 2.81 bits per heavy atom. The molecule has 0 unspecified atom stereocenters. The summed E-state index contributed by atoms with van der Waals surface area (Å²) in [7, 11) is 1.63. The van der Waals surface area contributed by atoms with Crippen LogP contribution in [0.3, 0.4) is 0 Å². The minimum absolute atomic E-state index is 0.00559. The molecule has 0 aliphatic heterocycles. The van der Waals surface area contributed by atoms with Gasteiger partial charge < -0.3 is 5.32 Å². The Kier molecular flexibility index (Phi) is 3.31. The van der Waals surface area contributed by atoms with Crippen molar-refractivity contribution in [3.63, 3.8) is 0 Å². The molecule has 3 nitrogen and oxygen atoms in total. The van der Waals surface area contributed by atoms with Crippen LogP contribution in [-0.4, -0.2) is 17.9 Å². The Labute approximate surface area is 98.2 Å². The van der Waals surface area contributed by atoms with Crippen molar-refractivity contribution < 1.29 is 4.79 Å². The zero-order valence-corrected chi connectivity index (χ0v) is 9.75. The molecule has 0 atom stereocenters. The maximum atomic E-state index is 11.2. The molecule has 1 aromatic carbocycles. The summed E-state index contributed by atoms with van der Waals surface area (Å²) in [6.45, 7) is 0. The quantitative estimate of drug-likeness (QED) is 0.880. The number of amides is 1. The van der Waals surface area contributed by atoms with E-state index in [2.05, 4.69) is 10.3 Å². The van der Waals surface area contributed by atoms with Gasteiger partial charge in [-0.2, -0.15) is 0 Å². The van der Waals surface area contributed by atoms with Gasteiger partial charge in [-0.25, -0.2) is 4.98 Å². The van der Waals surface area contributed by atoms with Crippen molar-refractivity contribution in [1.29, 1.82) is 0 Å². The van der Waals surface area contributed by atoms with E-state index in [-0.39, 0.29) is 5.91 Å². The normalized spacial score (nSPS) is 10.1. The summed E-state index contributed by atoms with van der Waals surface area (Å²) in [6, 6.07) is 9.96. The molecule has 0 saturated heterocycles. The predicted molar refractivity (Wildman–Crippen MR) is 65.3 cm³/mol. The first-order valence-electron chi connectivity index (χ1n) is 5.00. The highest BCUT2D eigenvalue weighted by molar-refractivity contribution is 7.10. The van der Waals surface area contributed by atoms with Crippen molar-refractivity contribution in [3.05, 3.63) is 40.7 Å². The second kappa shape index (κ2) is 4.90. The van der Waals surface area contributed by atoms with Crippen LogP contribution in [0.5, 0.6) is 0 Å². The van der Waals surface area contributed by atoms with E-state index in [4.69, 9.17) is 0 Å². The van der Waals surface area contributed by atoms with Crippen LogP contribution >= 0.6 is 11.3 Å². The standard InChI is InChI=1S/C12H12N2OS/c1-13-11(15)7-12-14-10(8-16-12)9-5-3-2-4-6-9/h2-6,8H,7H2,1H3,(H,13,15). The van der Waals surface area contributed by atoms with Crippen LogP contribution in [0.25, 0.3) is 11.3 Å². The third kappa shape index (κ3) is 2.46. The molecular weight excluding hydrogens is 220 g/mol. The molecule has 0 bridgehead atoms. The number of carbonyl (C=O) groups is 1. The molecule has 0 fully saturated rings. The fourth-order valence-corrected chi connectivity index (χ4v) is 2.16. The molecule has 1 N–H and O–H groups in total. The third-order valence-electron chi connectivity index (χ3n) is 2.21. The van der Waals surface area contributed by atoms with Gasteiger partial charge in [0.1, 0.15) is 5.01 Å². The van der Waals surface area contributed by atoms with Gasteiger partial charge in [-0.15, -0.1) is 11.3 Å². The number of nitrogens with zero attached hydrogens (tertiary/aromatic N) is 1. The summed E-state index contributed by atoms with van der Waals surface area (Å²) in [5, 5.41) is 5.42. The van der Waals surface area contributed by atoms with Gasteiger partial charge >= 0.3 is 0 Å². The number of nitrogens with one attached hydrogen (secondary N) is 1. The van der Waals surface area contributed by atoms with Crippen LogP contribution in [0.1, 0.15) is 5.01 Å². The number of thiazole rings is 1. The number of rotatable bonds is 3. The largest absolute Gasteiger partial charge is 0.359 e. The molecule has 82 valence electrons. The lowest BCUT2D eigenvalue weighted by atomic mass is 10.2. The maximum absolute atomic E-state index is 11.2. The average molecular weight is 232 g/mol. The van der Waals surface area contributed by atoms with Crippen LogP contribution in [-0.2, 0) is 11.2 Å². The van der Waals surface area contributed by atoms with E-state index < -0.39 is 0 Å². The average Bonchev–Trinajstić information content (AvgIpc) is 2.78. The van der Waals surface area contributed by atoms with Gasteiger partial charge in [0.25, 0.3) is 0 Å². The van der Waals surface area contributed by atoms with E-state index in [1.165, 1.54) is 11.3 Å². The molecule has 0 radical (unpaired) electrons. The van der Waals surface area contributed by atoms with Crippen LogP contribution in [0.15, 0.2) is 35.7 Å². The smallest absolute Gasteiger partial charge is 0.226 e. The minimum atomic E-state index is -0.00559. The third-order valence-corrected chi connectivity index (χ3v) is 3.06. The lowest BCUT2D eigenvalue weighted by Gasteiger charge is -1.95. The summed E-state index contributed by atoms with van der Waals surface area (Å²) in [6.07, 6.45) is 0.355. The van der Waals surface area contributed by atoms with Crippen molar-refractivity contribution in [2.24, 2.45) is 0 Å². The first-order valence-corrected chi connectivity index (χ1v) is 5.88. The van der Waals surface area contributed by atoms with Crippen molar-refractivity contribution in [2.75, 3.05) is 7.05 Å². The molecule has 2 rings (SSSR count). The number of carbonyl (C=O) groups excluding carboxylic acids is 1. The monoisotopic (exact) mass is 232 g/mol. The Balaban J connectivity index is 2.17. The Morgan fingerprint density at radius 1 is 1.38 bits per heavy atom. The van der Waals surface area contributed by atoms with E-state index in [1.807, 2.05) is 35.7 Å². The highest BCUT2D eigenvalue weighted by Crippen LogP contribution is 2.21. The lowest BCUT2D eigenvalue weighted by molar-refractivity contribution is -0.119. The SMILES string of the molecule is CNC(=O)Cc1nc(-c2ccccc2)cs1. The lowest BCUT2D eigenvalue weighted by Crippen LogP contribution is -2.19. The molecule has 0 saturated carbocycles. The fourth-order valence-electron chi connectivity index (χ4n) is 1.36. The molecule has 4 heteroatoms. The van der Waals surface area contributed by atoms with Crippen molar-refractivity contribution in [3.8, 4) is 11.3 Å². The molecule has 2 aromatic rings.